The highest BCUT2D eigenvalue weighted by Gasteiger charge is 2.30. The average Bonchev–Trinajstić information content (AvgIpc) is 2.32. The molecule has 0 aromatic heterocycles. The summed E-state index contributed by atoms with van der Waals surface area (Å²) >= 11 is 0. The Labute approximate surface area is 112 Å². The number of aliphatic carboxylic acids is 1. The van der Waals surface area contributed by atoms with E-state index in [1.807, 2.05) is 0 Å². The zero-order valence-electron chi connectivity index (χ0n) is 12.6. The number of carboxylic acid groups (broad SMARTS) is 1. The summed E-state index contributed by atoms with van der Waals surface area (Å²) in [5, 5.41) is 12.0. The van der Waals surface area contributed by atoms with Crippen molar-refractivity contribution in [2.24, 2.45) is 0 Å². The Bertz CT molecular complexity index is 244. The predicted octanol–water partition coefficient (Wildman–Crippen LogP) is 2.34. The normalized spacial score (nSPS) is 15.1. The molecule has 0 saturated heterocycles. The Morgan fingerprint density at radius 3 is 2.33 bits per heavy atom. The molecule has 4 nitrogen and oxygen atoms in total. The zero-order chi connectivity index (χ0) is 14.2. The summed E-state index contributed by atoms with van der Waals surface area (Å²) in [5.41, 5.74) is -0.784. The molecular formula is C14H30N2O2. The van der Waals surface area contributed by atoms with Crippen LogP contribution >= 0.6 is 0 Å². The fraction of sp³-hybridized carbons (Fsp3) is 0.929. The van der Waals surface area contributed by atoms with Crippen LogP contribution in [0, 0.1) is 0 Å². The van der Waals surface area contributed by atoms with Gasteiger partial charge in [0, 0.05) is 6.04 Å². The first-order valence-electron chi connectivity index (χ1n) is 7.03. The Hall–Kier alpha value is -0.610. The number of carboxylic acids is 1. The highest BCUT2D eigenvalue weighted by atomic mass is 16.4. The van der Waals surface area contributed by atoms with E-state index in [1.165, 1.54) is 6.42 Å². The molecule has 0 bridgehead atoms. The molecule has 0 heterocycles. The van der Waals surface area contributed by atoms with Gasteiger partial charge in [-0.25, -0.2) is 0 Å². The van der Waals surface area contributed by atoms with Crippen LogP contribution in [0.4, 0.5) is 0 Å². The lowest BCUT2D eigenvalue weighted by Gasteiger charge is -2.27. The molecule has 1 unspecified atom stereocenters. The van der Waals surface area contributed by atoms with E-state index in [0.717, 1.165) is 25.9 Å². The summed E-state index contributed by atoms with van der Waals surface area (Å²) in [6, 6.07) is 0.570. The number of nitrogens with zero attached hydrogens (tertiary/aromatic N) is 1. The van der Waals surface area contributed by atoms with Crippen LogP contribution in [-0.2, 0) is 4.79 Å². The lowest BCUT2D eigenvalue weighted by atomic mass is 9.95. The van der Waals surface area contributed by atoms with Gasteiger partial charge in [-0.05, 0) is 66.6 Å². The molecule has 0 aromatic carbocycles. The second kappa shape index (κ2) is 8.48. The number of nitrogens with one attached hydrogen (secondary N) is 1. The molecule has 18 heavy (non-hydrogen) atoms. The minimum absolute atomic E-state index is 0.570. The number of likely N-dealkylation sites (N-methyl/N-ethyl adjacent to an activating group) is 1. The van der Waals surface area contributed by atoms with E-state index in [9.17, 15) is 4.79 Å². The van der Waals surface area contributed by atoms with E-state index in [4.69, 9.17) is 5.11 Å². The number of rotatable bonds is 10. The molecule has 0 amide bonds. The molecule has 4 heteroatoms. The number of hydrogen-bond acceptors (Lipinski definition) is 3. The van der Waals surface area contributed by atoms with Crippen molar-refractivity contribution >= 4 is 5.97 Å². The predicted molar refractivity (Wildman–Crippen MR) is 76.0 cm³/mol. The third-order valence-electron chi connectivity index (χ3n) is 3.64. The van der Waals surface area contributed by atoms with E-state index in [2.05, 4.69) is 31.0 Å². The van der Waals surface area contributed by atoms with Crippen molar-refractivity contribution in [3.8, 4) is 0 Å². The van der Waals surface area contributed by atoms with Crippen LogP contribution in [0.2, 0.25) is 0 Å². The van der Waals surface area contributed by atoms with Crippen LogP contribution in [0.1, 0.15) is 53.4 Å². The number of hydrogen-bond donors (Lipinski definition) is 2. The summed E-state index contributed by atoms with van der Waals surface area (Å²) in [6.45, 7) is 10.6. The van der Waals surface area contributed by atoms with E-state index >= 15 is 0 Å². The van der Waals surface area contributed by atoms with Gasteiger partial charge < -0.3 is 15.3 Å². The zero-order valence-corrected chi connectivity index (χ0v) is 12.6. The Morgan fingerprint density at radius 2 is 1.94 bits per heavy atom. The van der Waals surface area contributed by atoms with Crippen molar-refractivity contribution in [2.45, 2.75) is 65.0 Å². The van der Waals surface area contributed by atoms with Crippen molar-refractivity contribution in [2.75, 3.05) is 20.1 Å². The Balaban J connectivity index is 4.00. The molecule has 2 N–H and O–H groups in total. The van der Waals surface area contributed by atoms with Crippen LogP contribution in [0.3, 0.4) is 0 Å². The van der Waals surface area contributed by atoms with Gasteiger partial charge in [-0.15, -0.1) is 0 Å². The highest BCUT2D eigenvalue weighted by Crippen LogP contribution is 2.14. The molecule has 108 valence electrons. The molecule has 0 radical (unpaired) electrons. The topological polar surface area (TPSA) is 52.6 Å². The van der Waals surface area contributed by atoms with Crippen molar-refractivity contribution < 1.29 is 9.90 Å². The molecule has 0 spiro atoms. The van der Waals surface area contributed by atoms with Crippen LogP contribution in [0.15, 0.2) is 0 Å². The molecule has 0 rings (SSSR count). The van der Waals surface area contributed by atoms with Crippen molar-refractivity contribution in [3.63, 3.8) is 0 Å². The van der Waals surface area contributed by atoms with Gasteiger partial charge in [0.25, 0.3) is 0 Å². The van der Waals surface area contributed by atoms with E-state index in [-0.39, 0.29) is 0 Å². The van der Waals surface area contributed by atoms with Gasteiger partial charge in [-0.3, -0.25) is 4.79 Å². The second-order valence-electron chi connectivity index (χ2n) is 5.47. The summed E-state index contributed by atoms with van der Waals surface area (Å²) < 4.78 is 0. The maximum Gasteiger partial charge on any atom is 0.323 e. The maximum absolute atomic E-state index is 11.1. The monoisotopic (exact) mass is 258 g/mol. The molecule has 0 aliphatic carbocycles. The molecule has 0 fully saturated rings. The van der Waals surface area contributed by atoms with Crippen LogP contribution in [0.5, 0.6) is 0 Å². The fourth-order valence-corrected chi connectivity index (χ4v) is 2.05. The quantitative estimate of drug-likeness (QED) is 0.591. The molecule has 0 aliphatic heterocycles. The van der Waals surface area contributed by atoms with Crippen molar-refractivity contribution in [3.05, 3.63) is 0 Å². The second-order valence-corrected chi connectivity index (χ2v) is 5.47. The minimum atomic E-state index is -0.784. The summed E-state index contributed by atoms with van der Waals surface area (Å²) in [4.78, 5) is 13.6. The largest absolute Gasteiger partial charge is 0.480 e. The Morgan fingerprint density at radius 1 is 1.33 bits per heavy atom. The van der Waals surface area contributed by atoms with E-state index < -0.39 is 11.5 Å². The maximum atomic E-state index is 11.1. The lowest BCUT2D eigenvalue weighted by molar-refractivity contribution is -0.144. The van der Waals surface area contributed by atoms with Gasteiger partial charge in [-0.2, -0.15) is 0 Å². The first-order valence-corrected chi connectivity index (χ1v) is 7.03. The molecule has 1 atom stereocenters. The fourth-order valence-electron chi connectivity index (χ4n) is 2.05. The van der Waals surface area contributed by atoms with Gasteiger partial charge >= 0.3 is 5.97 Å². The Kier molecular flexibility index (Phi) is 8.20. The average molecular weight is 258 g/mol. The molecular weight excluding hydrogens is 228 g/mol. The van der Waals surface area contributed by atoms with Crippen LogP contribution < -0.4 is 5.32 Å². The van der Waals surface area contributed by atoms with Gasteiger partial charge in [0.2, 0.25) is 0 Å². The first-order chi connectivity index (χ1) is 8.37. The van der Waals surface area contributed by atoms with Crippen LogP contribution in [-0.4, -0.2) is 47.7 Å². The first kappa shape index (κ1) is 17.4. The summed E-state index contributed by atoms with van der Waals surface area (Å²) in [7, 11) is 1.71. The van der Waals surface area contributed by atoms with Crippen LogP contribution in [0.25, 0.3) is 0 Å². The standard InChI is InChI=1S/C14H30N2O2/c1-6-10-16(12(2)3)11-8-7-9-14(4,15-5)13(17)18/h12,15H,6-11H2,1-5H3,(H,17,18). The van der Waals surface area contributed by atoms with Crippen molar-refractivity contribution in [1.82, 2.24) is 10.2 Å². The van der Waals surface area contributed by atoms with Gasteiger partial charge in [0.05, 0.1) is 0 Å². The highest BCUT2D eigenvalue weighted by molar-refractivity contribution is 5.78. The number of carbonyl (C=O) groups is 1. The summed E-state index contributed by atoms with van der Waals surface area (Å²) in [6.07, 6.45) is 3.84. The smallest absolute Gasteiger partial charge is 0.323 e. The van der Waals surface area contributed by atoms with E-state index in [1.54, 1.807) is 14.0 Å². The van der Waals surface area contributed by atoms with E-state index in [0.29, 0.717) is 12.5 Å². The third-order valence-corrected chi connectivity index (χ3v) is 3.64. The summed E-state index contributed by atoms with van der Waals surface area (Å²) in [5.74, 6) is -0.765. The lowest BCUT2D eigenvalue weighted by Crippen LogP contribution is -2.47. The van der Waals surface area contributed by atoms with Gasteiger partial charge in [0.1, 0.15) is 5.54 Å². The van der Waals surface area contributed by atoms with Gasteiger partial charge in [0.15, 0.2) is 0 Å². The SMILES string of the molecule is CCCN(CCCCC(C)(NC)C(=O)O)C(C)C. The minimum Gasteiger partial charge on any atom is -0.480 e. The molecule has 0 aromatic rings. The van der Waals surface area contributed by atoms with Gasteiger partial charge in [-0.1, -0.05) is 6.92 Å². The number of unbranched alkanes of at least 4 members (excludes halogenated alkanes) is 1. The third kappa shape index (κ3) is 5.83. The van der Waals surface area contributed by atoms with Crippen molar-refractivity contribution in [1.29, 1.82) is 0 Å². The molecule has 0 aliphatic rings. The molecule has 0 saturated carbocycles.